The van der Waals surface area contributed by atoms with E-state index in [1.807, 2.05) is 13.8 Å². The topological polar surface area (TPSA) is 80.8 Å². The van der Waals surface area contributed by atoms with Crippen LogP contribution in [-0.4, -0.2) is 20.3 Å². The van der Waals surface area contributed by atoms with Crippen LogP contribution < -0.4 is 9.04 Å². The molecule has 0 atom stereocenters. The number of aryl methyl sites for hydroxylation is 1. The number of sulfonamides is 1. The molecule has 0 aliphatic rings. The third-order valence-corrected chi connectivity index (χ3v) is 5.76. The summed E-state index contributed by atoms with van der Waals surface area (Å²) in [5.74, 6) is -1.02. The van der Waals surface area contributed by atoms with E-state index in [1.54, 1.807) is 31.2 Å². The summed E-state index contributed by atoms with van der Waals surface area (Å²) in [7, 11) is -4.17. The monoisotopic (exact) mass is 403 g/mol. The van der Waals surface area contributed by atoms with Crippen molar-refractivity contribution in [2.24, 2.45) is 0 Å². The van der Waals surface area contributed by atoms with Crippen LogP contribution in [0.1, 0.15) is 45.1 Å². The van der Waals surface area contributed by atoms with E-state index in [0.29, 0.717) is 12.8 Å². The van der Waals surface area contributed by atoms with E-state index in [1.165, 1.54) is 24.3 Å². The van der Waals surface area contributed by atoms with Gasteiger partial charge >= 0.3 is 5.97 Å². The Bertz CT molecular complexity index is 936. The molecule has 0 saturated carbocycles. The summed E-state index contributed by atoms with van der Waals surface area (Å²) in [6.07, 6.45) is 1.32. The van der Waals surface area contributed by atoms with Gasteiger partial charge in [-0.25, -0.2) is 8.42 Å². The van der Waals surface area contributed by atoms with Crippen molar-refractivity contribution in [2.45, 2.75) is 51.3 Å². The average Bonchev–Trinajstić information content (AvgIpc) is 2.64. The number of nitrogens with zero attached hydrogens (tertiary/aromatic N) is 1. The van der Waals surface area contributed by atoms with Gasteiger partial charge in [0.1, 0.15) is 5.69 Å². The first-order valence-corrected chi connectivity index (χ1v) is 10.7. The first-order chi connectivity index (χ1) is 13.3. The fourth-order valence-electron chi connectivity index (χ4n) is 2.62. The maximum atomic E-state index is 13.3. The predicted octanol–water partition coefficient (Wildman–Crippen LogP) is 4.22. The van der Waals surface area contributed by atoms with Gasteiger partial charge in [-0.05, 0) is 44.0 Å². The van der Waals surface area contributed by atoms with E-state index in [0.717, 1.165) is 9.87 Å². The molecule has 0 heterocycles. The minimum Gasteiger partial charge on any atom is -0.424 e. The molecule has 2 aromatic carbocycles. The van der Waals surface area contributed by atoms with E-state index in [4.69, 9.17) is 4.74 Å². The largest absolute Gasteiger partial charge is 0.424 e. The summed E-state index contributed by atoms with van der Waals surface area (Å²) in [5, 5.41) is 0. The highest BCUT2D eigenvalue weighted by Crippen LogP contribution is 2.33. The second-order valence-corrected chi connectivity index (χ2v) is 8.20. The molecular weight excluding hydrogens is 378 g/mol. The summed E-state index contributed by atoms with van der Waals surface area (Å²) < 4.78 is 32.7. The number of hydrogen-bond donors (Lipinski definition) is 0. The zero-order valence-electron chi connectivity index (χ0n) is 16.3. The zero-order chi connectivity index (χ0) is 20.7. The first kappa shape index (κ1) is 21.6. The molecule has 2 aromatic rings. The number of rotatable bonds is 8. The Balaban J connectivity index is 2.57. The summed E-state index contributed by atoms with van der Waals surface area (Å²) >= 11 is 0. The van der Waals surface area contributed by atoms with E-state index in [2.05, 4.69) is 0 Å². The van der Waals surface area contributed by atoms with E-state index in [-0.39, 0.29) is 29.2 Å². The Morgan fingerprint density at radius 1 is 0.929 bits per heavy atom. The molecule has 0 spiro atoms. The molecule has 150 valence electrons. The molecule has 6 nitrogen and oxygen atoms in total. The molecule has 0 aliphatic carbocycles. The zero-order valence-corrected chi connectivity index (χ0v) is 17.2. The Kier molecular flexibility index (Phi) is 7.34. The second-order valence-electron chi connectivity index (χ2n) is 6.42. The molecule has 0 N–H and O–H groups in total. The Morgan fingerprint density at radius 2 is 1.54 bits per heavy atom. The van der Waals surface area contributed by atoms with Gasteiger partial charge in [-0.3, -0.25) is 9.59 Å². The highest BCUT2D eigenvalue weighted by Gasteiger charge is 2.32. The van der Waals surface area contributed by atoms with Gasteiger partial charge in [0.2, 0.25) is 5.91 Å². The van der Waals surface area contributed by atoms with Crippen molar-refractivity contribution in [3.8, 4) is 5.75 Å². The van der Waals surface area contributed by atoms with Gasteiger partial charge in [-0.2, -0.15) is 4.31 Å². The van der Waals surface area contributed by atoms with Crippen LogP contribution in [0.5, 0.6) is 5.75 Å². The predicted molar refractivity (Wildman–Crippen MR) is 108 cm³/mol. The van der Waals surface area contributed by atoms with Crippen molar-refractivity contribution in [1.82, 2.24) is 0 Å². The fraction of sp³-hybridized carbons (Fsp3) is 0.333. The molecule has 0 aliphatic heterocycles. The number of carbonyl (C=O) groups excluding carboxylic acids is 2. The number of ether oxygens (including phenoxy) is 1. The van der Waals surface area contributed by atoms with Gasteiger partial charge in [0.15, 0.2) is 5.75 Å². The van der Waals surface area contributed by atoms with Crippen molar-refractivity contribution in [2.75, 3.05) is 4.31 Å². The van der Waals surface area contributed by atoms with Crippen LogP contribution >= 0.6 is 0 Å². The Labute approximate surface area is 166 Å². The normalized spacial score (nSPS) is 11.1. The SMILES string of the molecule is CCCC(=O)Oc1ccccc1N(C(=O)CCC)S(=O)(=O)c1ccc(C)cc1. The highest BCUT2D eigenvalue weighted by atomic mass is 32.2. The Morgan fingerprint density at radius 3 is 2.14 bits per heavy atom. The molecule has 7 heteroatoms. The molecule has 0 bridgehead atoms. The molecule has 28 heavy (non-hydrogen) atoms. The maximum absolute atomic E-state index is 13.3. The van der Waals surface area contributed by atoms with E-state index < -0.39 is 21.9 Å². The van der Waals surface area contributed by atoms with Crippen LogP contribution in [-0.2, 0) is 19.6 Å². The Hall–Kier alpha value is -2.67. The smallest absolute Gasteiger partial charge is 0.311 e. The summed E-state index contributed by atoms with van der Waals surface area (Å²) in [4.78, 5) is 24.8. The number of hydrogen-bond acceptors (Lipinski definition) is 5. The summed E-state index contributed by atoms with van der Waals surface area (Å²) in [6, 6.07) is 12.4. The molecular formula is C21H25NO5S. The van der Waals surface area contributed by atoms with E-state index in [9.17, 15) is 18.0 Å². The van der Waals surface area contributed by atoms with Gasteiger partial charge in [-0.15, -0.1) is 0 Å². The third-order valence-electron chi connectivity index (χ3n) is 4.01. The number of benzene rings is 2. The lowest BCUT2D eigenvalue weighted by Crippen LogP contribution is -2.37. The van der Waals surface area contributed by atoms with Gasteiger partial charge in [0.05, 0.1) is 4.90 Å². The summed E-state index contributed by atoms with van der Waals surface area (Å²) in [6.45, 7) is 5.48. The quantitative estimate of drug-likeness (QED) is 0.487. The number of anilines is 1. The maximum Gasteiger partial charge on any atom is 0.311 e. The fourth-order valence-corrected chi connectivity index (χ4v) is 4.08. The lowest BCUT2D eigenvalue weighted by atomic mass is 10.2. The molecule has 1 amide bonds. The number of carbonyl (C=O) groups is 2. The molecule has 2 rings (SSSR count). The molecule has 0 unspecified atom stereocenters. The molecule has 0 saturated heterocycles. The average molecular weight is 404 g/mol. The summed E-state index contributed by atoms with van der Waals surface area (Å²) in [5.41, 5.74) is 0.935. The standard InChI is InChI=1S/C21H25NO5S/c1-4-8-20(23)22(28(25,26)17-14-12-16(3)13-15-17)18-10-6-7-11-19(18)27-21(24)9-5-2/h6-7,10-15H,4-5,8-9H2,1-3H3. The van der Waals surface area contributed by atoms with Crippen LogP contribution in [0.3, 0.4) is 0 Å². The van der Waals surface area contributed by atoms with Crippen molar-refractivity contribution in [3.63, 3.8) is 0 Å². The number of amides is 1. The van der Waals surface area contributed by atoms with Crippen LogP contribution in [0.2, 0.25) is 0 Å². The lowest BCUT2D eigenvalue weighted by molar-refractivity contribution is -0.134. The molecule has 0 aromatic heterocycles. The van der Waals surface area contributed by atoms with Gasteiger partial charge in [-0.1, -0.05) is 43.7 Å². The van der Waals surface area contributed by atoms with Crippen LogP contribution in [0.15, 0.2) is 53.4 Å². The highest BCUT2D eigenvalue weighted by molar-refractivity contribution is 7.93. The minimum absolute atomic E-state index is 0.00255. The van der Waals surface area contributed by atoms with Crippen molar-refractivity contribution in [3.05, 3.63) is 54.1 Å². The van der Waals surface area contributed by atoms with Gasteiger partial charge in [0.25, 0.3) is 10.0 Å². The van der Waals surface area contributed by atoms with E-state index >= 15 is 0 Å². The lowest BCUT2D eigenvalue weighted by Gasteiger charge is -2.24. The van der Waals surface area contributed by atoms with Gasteiger partial charge in [0, 0.05) is 12.8 Å². The molecule has 0 radical (unpaired) electrons. The third kappa shape index (κ3) is 4.98. The van der Waals surface area contributed by atoms with Crippen molar-refractivity contribution >= 4 is 27.6 Å². The van der Waals surface area contributed by atoms with Gasteiger partial charge < -0.3 is 4.74 Å². The van der Waals surface area contributed by atoms with Crippen molar-refractivity contribution < 1.29 is 22.7 Å². The van der Waals surface area contributed by atoms with Crippen LogP contribution in [0.4, 0.5) is 5.69 Å². The second kappa shape index (κ2) is 9.50. The number of esters is 1. The number of para-hydroxylation sites is 2. The minimum atomic E-state index is -4.17. The van der Waals surface area contributed by atoms with Crippen LogP contribution in [0, 0.1) is 6.92 Å². The first-order valence-electron chi connectivity index (χ1n) is 9.25. The van der Waals surface area contributed by atoms with Crippen molar-refractivity contribution in [1.29, 1.82) is 0 Å². The van der Waals surface area contributed by atoms with Crippen LogP contribution in [0.25, 0.3) is 0 Å². The molecule has 0 fully saturated rings.